The van der Waals surface area contributed by atoms with Crippen LogP contribution in [-0.2, 0) is 13.2 Å². The van der Waals surface area contributed by atoms with E-state index >= 15 is 0 Å². The molecule has 5 heteroatoms. The minimum absolute atomic E-state index is 0.476. The number of benzene rings is 2. The molecule has 2 rings (SSSR count). The van der Waals surface area contributed by atoms with E-state index in [1.54, 1.807) is 0 Å². The summed E-state index contributed by atoms with van der Waals surface area (Å²) in [7, 11) is 0. The number of hydrogen-bond donors (Lipinski definition) is 1. The number of ether oxygens (including phenoxy) is 1. The largest absolute Gasteiger partial charge is 0.487 e. The Bertz CT molecular complexity index is 619. The second kappa shape index (κ2) is 8.18. The summed E-state index contributed by atoms with van der Waals surface area (Å²) >= 11 is 13.1. The predicted octanol–water partition coefficient (Wildman–Crippen LogP) is 5.55. The monoisotopic (exact) mass is 431 g/mol. The zero-order chi connectivity index (χ0) is 15.2. The third-order valence-electron chi connectivity index (χ3n) is 2.97. The highest BCUT2D eigenvalue weighted by molar-refractivity contribution is 9.10. The average Bonchev–Trinajstić information content (AvgIpc) is 2.45. The van der Waals surface area contributed by atoms with Gasteiger partial charge >= 0.3 is 0 Å². The Balaban J connectivity index is 2.02. The van der Waals surface area contributed by atoms with Crippen LogP contribution in [0.3, 0.4) is 0 Å². The zero-order valence-electron chi connectivity index (χ0n) is 11.6. The molecule has 2 aromatic carbocycles. The van der Waals surface area contributed by atoms with Crippen LogP contribution >= 0.6 is 43.5 Å². The third kappa shape index (κ3) is 4.99. The summed E-state index contributed by atoms with van der Waals surface area (Å²) in [4.78, 5) is 0. The first-order valence-corrected chi connectivity index (χ1v) is 8.62. The Morgan fingerprint density at radius 2 is 1.95 bits per heavy atom. The molecule has 0 aliphatic heterocycles. The van der Waals surface area contributed by atoms with E-state index in [4.69, 9.17) is 16.3 Å². The first-order valence-electron chi connectivity index (χ1n) is 6.66. The minimum Gasteiger partial charge on any atom is -0.487 e. The van der Waals surface area contributed by atoms with Crippen LogP contribution < -0.4 is 10.1 Å². The standard InChI is InChI=1S/C16H16Br2ClNO/c1-2-20-9-11-3-4-12(14(18)7-11)10-21-16-6-5-13(17)8-15(16)19/h3-8,20H,2,9-10H2,1H3. The molecule has 0 amide bonds. The molecule has 2 nitrogen and oxygen atoms in total. The van der Waals surface area contributed by atoms with Crippen molar-refractivity contribution in [3.05, 3.63) is 61.5 Å². The Kier molecular flexibility index (Phi) is 6.55. The van der Waals surface area contributed by atoms with Crippen LogP contribution in [0.4, 0.5) is 0 Å². The van der Waals surface area contributed by atoms with E-state index in [1.807, 2.05) is 18.2 Å². The lowest BCUT2D eigenvalue weighted by Gasteiger charge is -2.11. The van der Waals surface area contributed by atoms with E-state index in [0.717, 1.165) is 27.6 Å². The maximum Gasteiger partial charge on any atom is 0.138 e. The van der Waals surface area contributed by atoms with Gasteiger partial charge in [0.05, 0.1) is 5.02 Å². The van der Waals surface area contributed by atoms with Crippen molar-refractivity contribution in [2.75, 3.05) is 6.54 Å². The fraction of sp³-hybridized carbons (Fsp3) is 0.250. The highest BCUT2D eigenvalue weighted by Crippen LogP contribution is 2.29. The molecule has 112 valence electrons. The van der Waals surface area contributed by atoms with Crippen molar-refractivity contribution in [3.8, 4) is 5.75 Å². The molecular weight excluding hydrogens is 417 g/mol. The molecule has 0 aromatic heterocycles. The normalized spacial score (nSPS) is 10.7. The Morgan fingerprint density at radius 3 is 2.62 bits per heavy atom. The van der Waals surface area contributed by atoms with Gasteiger partial charge < -0.3 is 10.1 Å². The fourth-order valence-electron chi connectivity index (χ4n) is 1.83. The molecule has 0 radical (unpaired) electrons. The van der Waals surface area contributed by atoms with Gasteiger partial charge in [0, 0.05) is 21.1 Å². The maximum atomic E-state index is 6.14. The van der Waals surface area contributed by atoms with Crippen LogP contribution in [0.25, 0.3) is 0 Å². The summed E-state index contributed by atoms with van der Waals surface area (Å²) in [5, 5.41) is 3.91. The number of halogens is 3. The first-order chi connectivity index (χ1) is 10.1. The Labute approximate surface area is 147 Å². The predicted molar refractivity (Wildman–Crippen MR) is 95.0 cm³/mol. The Morgan fingerprint density at radius 1 is 1.14 bits per heavy atom. The number of hydrogen-bond acceptors (Lipinski definition) is 2. The summed E-state index contributed by atoms with van der Waals surface area (Å²) in [5.74, 6) is 0.684. The van der Waals surface area contributed by atoms with Gasteiger partial charge in [-0.05, 0) is 36.4 Å². The van der Waals surface area contributed by atoms with E-state index < -0.39 is 0 Å². The molecule has 0 heterocycles. The van der Waals surface area contributed by atoms with Gasteiger partial charge in [0.15, 0.2) is 0 Å². The van der Waals surface area contributed by atoms with Crippen molar-refractivity contribution >= 4 is 43.5 Å². The zero-order valence-corrected chi connectivity index (χ0v) is 15.6. The van der Waals surface area contributed by atoms with E-state index in [2.05, 4.69) is 62.3 Å². The third-order valence-corrected chi connectivity index (χ3v) is 4.50. The van der Waals surface area contributed by atoms with Gasteiger partial charge in [-0.25, -0.2) is 0 Å². The van der Waals surface area contributed by atoms with Crippen molar-refractivity contribution in [2.45, 2.75) is 20.1 Å². The van der Waals surface area contributed by atoms with E-state index in [9.17, 15) is 0 Å². The second-order valence-electron chi connectivity index (χ2n) is 4.57. The highest BCUT2D eigenvalue weighted by atomic mass is 79.9. The molecule has 0 aliphatic carbocycles. The molecule has 0 bridgehead atoms. The van der Waals surface area contributed by atoms with Crippen molar-refractivity contribution in [2.24, 2.45) is 0 Å². The fourth-order valence-corrected chi connectivity index (χ4v) is 3.10. The number of nitrogens with one attached hydrogen (secondary N) is 1. The summed E-state index contributed by atoms with van der Waals surface area (Å²) in [5.41, 5.74) is 2.34. The maximum absolute atomic E-state index is 6.14. The molecule has 0 unspecified atom stereocenters. The molecule has 1 N–H and O–H groups in total. The quantitative estimate of drug-likeness (QED) is 0.645. The van der Waals surface area contributed by atoms with Gasteiger partial charge in [0.1, 0.15) is 12.4 Å². The summed E-state index contributed by atoms with van der Waals surface area (Å²) in [6, 6.07) is 11.9. The first kappa shape index (κ1) is 16.8. The van der Waals surface area contributed by atoms with Crippen LogP contribution in [0.15, 0.2) is 45.3 Å². The van der Waals surface area contributed by atoms with E-state index in [1.165, 1.54) is 5.56 Å². The Hall–Kier alpha value is -0.550. The van der Waals surface area contributed by atoms with Crippen LogP contribution in [0, 0.1) is 0 Å². The van der Waals surface area contributed by atoms with Crippen molar-refractivity contribution in [1.29, 1.82) is 0 Å². The van der Waals surface area contributed by atoms with Gasteiger partial charge in [-0.3, -0.25) is 0 Å². The van der Waals surface area contributed by atoms with Gasteiger partial charge in [0.2, 0.25) is 0 Å². The second-order valence-corrected chi connectivity index (χ2v) is 6.75. The topological polar surface area (TPSA) is 21.3 Å². The minimum atomic E-state index is 0.476. The van der Waals surface area contributed by atoms with Crippen LogP contribution in [0.2, 0.25) is 5.02 Å². The molecule has 2 aromatic rings. The van der Waals surface area contributed by atoms with Crippen LogP contribution in [0.5, 0.6) is 5.75 Å². The molecule has 0 atom stereocenters. The van der Waals surface area contributed by atoms with Crippen molar-refractivity contribution in [3.63, 3.8) is 0 Å². The summed E-state index contributed by atoms with van der Waals surface area (Å²) in [6.45, 7) is 4.40. The van der Waals surface area contributed by atoms with Crippen molar-refractivity contribution < 1.29 is 4.74 Å². The molecule has 0 spiro atoms. The lowest BCUT2D eigenvalue weighted by molar-refractivity contribution is 0.305. The lowest BCUT2D eigenvalue weighted by atomic mass is 10.1. The summed E-state index contributed by atoms with van der Waals surface area (Å²) < 4.78 is 7.77. The van der Waals surface area contributed by atoms with E-state index in [-0.39, 0.29) is 0 Å². The molecule has 0 saturated heterocycles. The highest BCUT2D eigenvalue weighted by Gasteiger charge is 2.06. The average molecular weight is 434 g/mol. The van der Waals surface area contributed by atoms with Gasteiger partial charge in [-0.2, -0.15) is 0 Å². The van der Waals surface area contributed by atoms with Crippen LogP contribution in [0.1, 0.15) is 18.1 Å². The molecule has 0 fully saturated rings. The van der Waals surface area contributed by atoms with E-state index in [0.29, 0.717) is 17.4 Å². The van der Waals surface area contributed by atoms with Gasteiger partial charge in [-0.15, -0.1) is 0 Å². The lowest BCUT2D eigenvalue weighted by Crippen LogP contribution is -2.11. The molecular formula is C16H16Br2ClNO. The molecule has 0 aliphatic rings. The van der Waals surface area contributed by atoms with Gasteiger partial charge in [-0.1, -0.05) is 62.5 Å². The smallest absolute Gasteiger partial charge is 0.138 e. The molecule has 21 heavy (non-hydrogen) atoms. The van der Waals surface area contributed by atoms with Crippen molar-refractivity contribution in [1.82, 2.24) is 5.32 Å². The SMILES string of the molecule is CCNCc1ccc(COc2ccc(Br)cc2Cl)c(Br)c1. The molecule has 0 saturated carbocycles. The number of rotatable bonds is 6. The van der Waals surface area contributed by atoms with Gasteiger partial charge in [0.25, 0.3) is 0 Å². The summed E-state index contributed by atoms with van der Waals surface area (Å²) in [6.07, 6.45) is 0. The van der Waals surface area contributed by atoms with Crippen LogP contribution in [-0.4, -0.2) is 6.54 Å².